The lowest BCUT2D eigenvalue weighted by Crippen LogP contribution is -2.47. The SMILES string of the molecule is CCCC/C=C/CCC(=O)N[C@@H](Cc1cccnc1)C(=O)O[C@H]1[C@@H](O)[C@H](n2cnc3c(N)ncnc32)O[C@@H]1COP(=O)(O)[C@H]1[C@@H](OC2CCCO2)[C@H](n2ccc(N)nc2=O)O[C@@H]1COP(=O)(O)O. The van der Waals surface area contributed by atoms with Crippen LogP contribution in [0.15, 0.2) is 66.4 Å². The molecule has 7 heterocycles. The van der Waals surface area contributed by atoms with Crippen LogP contribution in [0.25, 0.3) is 11.2 Å². The summed E-state index contributed by atoms with van der Waals surface area (Å²) in [5, 5.41) is 14.7. The van der Waals surface area contributed by atoms with Crippen LogP contribution in [0.3, 0.4) is 0 Å². The largest absolute Gasteiger partial charge is 0.469 e. The van der Waals surface area contributed by atoms with Gasteiger partial charge >= 0.3 is 27.1 Å². The summed E-state index contributed by atoms with van der Waals surface area (Å²) in [5.41, 5.74) is 9.72. The number of aliphatic hydroxyl groups is 1. The molecule has 68 heavy (non-hydrogen) atoms. The second-order valence-corrected chi connectivity index (χ2v) is 19.4. The summed E-state index contributed by atoms with van der Waals surface area (Å²) in [5.74, 6) is -1.63. The molecule has 3 saturated heterocycles. The number of carbonyl (C=O) groups is 2. The van der Waals surface area contributed by atoms with Gasteiger partial charge in [-0.05, 0) is 37.0 Å². The first-order valence-corrected chi connectivity index (χ1v) is 24.9. The Morgan fingerprint density at radius 2 is 1.79 bits per heavy atom. The number of aromatic nitrogens is 7. The van der Waals surface area contributed by atoms with Crippen molar-refractivity contribution in [2.75, 3.05) is 31.3 Å². The number of hydrogen-bond acceptors (Lipinski definition) is 20. The molecule has 4 aromatic rings. The maximum atomic E-state index is 14.8. The van der Waals surface area contributed by atoms with Gasteiger partial charge in [0.05, 0.1) is 19.5 Å². The van der Waals surface area contributed by atoms with E-state index in [-0.39, 0.29) is 42.2 Å². The number of fused-ring (bicyclic) bond motifs is 1. The van der Waals surface area contributed by atoms with Crippen LogP contribution < -0.4 is 22.5 Å². The summed E-state index contributed by atoms with van der Waals surface area (Å²) < 4.78 is 69.4. The summed E-state index contributed by atoms with van der Waals surface area (Å²) >= 11 is 0. The average Bonchev–Trinajstić information content (AvgIpc) is 4.11. The minimum atomic E-state index is -5.26. The zero-order chi connectivity index (χ0) is 48.6. The third kappa shape index (κ3) is 12.6. The van der Waals surface area contributed by atoms with Crippen molar-refractivity contribution in [2.45, 2.75) is 119 Å². The Kier molecular flexibility index (Phi) is 16.9. The fourth-order valence-electron chi connectivity index (χ4n) is 8.00. The van der Waals surface area contributed by atoms with Crippen molar-refractivity contribution in [3.63, 3.8) is 0 Å². The average molecular weight is 993 g/mol. The number of esters is 1. The van der Waals surface area contributed by atoms with E-state index < -0.39 is 107 Å². The standard InChI is InChI=1S/C40H54N10O16P2/c1-2-3-4-5-6-7-11-28(51)47-24(17-23-10-8-14-43-18-23)39(53)66-32-25(63-37(31(32)52)50-22-46-30-35(42)44-21-45-36(30)50)19-61-67(55,56)34-26(20-62-68(57,58)59)64-38(33(34)65-29-12-9-16-60-29)49-15-13-27(41)48-40(49)54/h5-6,8,10,13-15,18,21-22,24-26,29,31-34,37-38,52H,2-4,7,9,11-12,16-17,19-20H2,1H3,(H,47,51)(H,55,56)(H2,41,48,54)(H2,42,44,45)(H2,57,58,59)/b6-5+/t24-,25+,26+,29?,31+,32+,33+,34+,37+,38+/m0/s1. The molecule has 28 heteroatoms. The summed E-state index contributed by atoms with van der Waals surface area (Å²) in [6.45, 7) is 0.436. The highest BCUT2D eigenvalue weighted by Crippen LogP contribution is 2.58. The lowest BCUT2D eigenvalue weighted by molar-refractivity contribution is -0.170. The van der Waals surface area contributed by atoms with Gasteiger partial charge in [-0.1, -0.05) is 38.0 Å². The lowest BCUT2D eigenvalue weighted by atomic mass is 10.1. The summed E-state index contributed by atoms with van der Waals surface area (Å²) in [4.78, 5) is 92.1. The number of anilines is 2. The fourth-order valence-corrected chi connectivity index (χ4v) is 10.0. The second kappa shape index (κ2) is 22.6. The number of rotatable bonds is 22. The number of phosphoric ester groups is 1. The monoisotopic (exact) mass is 992 g/mol. The number of hydrogen-bond donors (Lipinski definition) is 7. The van der Waals surface area contributed by atoms with Gasteiger partial charge in [-0.2, -0.15) is 4.98 Å². The molecule has 0 spiro atoms. The minimum Gasteiger partial charge on any atom is -0.455 e. The van der Waals surface area contributed by atoms with E-state index in [0.29, 0.717) is 24.8 Å². The van der Waals surface area contributed by atoms with Gasteiger partial charge < -0.3 is 64.8 Å². The maximum absolute atomic E-state index is 14.8. The molecule has 3 aliphatic rings. The molecular weight excluding hydrogens is 938 g/mol. The molecule has 4 aromatic heterocycles. The van der Waals surface area contributed by atoms with Crippen LogP contribution in [0.1, 0.15) is 69.9 Å². The van der Waals surface area contributed by atoms with Gasteiger partial charge in [0.2, 0.25) is 5.91 Å². The molecule has 3 aliphatic heterocycles. The van der Waals surface area contributed by atoms with Crippen molar-refractivity contribution in [2.24, 2.45) is 0 Å². The number of nitrogens with zero attached hydrogens (tertiary/aromatic N) is 7. The van der Waals surface area contributed by atoms with E-state index in [1.807, 2.05) is 12.2 Å². The Morgan fingerprint density at radius 1 is 1.01 bits per heavy atom. The van der Waals surface area contributed by atoms with E-state index in [4.69, 9.17) is 44.2 Å². The molecule has 2 unspecified atom stereocenters. The van der Waals surface area contributed by atoms with E-state index >= 15 is 0 Å². The topological polar surface area (TPSA) is 369 Å². The predicted molar refractivity (Wildman–Crippen MR) is 236 cm³/mol. The number of nitrogens with two attached hydrogens (primary N) is 2. The number of imidazole rings is 1. The van der Waals surface area contributed by atoms with Crippen LogP contribution in [0.2, 0.25) is 0 Å². The first-order valence-electron chi connectivity index (χ1n) is 21.8. The number of ether oxygens (including phenoxy) is 5. The van der Waals surface area contributed by atoms with Crippen molar-refractivity contribution in [1.29, 1.82) is 0 Å². The lowest BCUT2D eigenvalue weighted by Gasteiger charge is -2.30. The number of phosphoric acid groups is 1. The van der Waals surface area contributed by atoms with Crippen LogP contribution in [-0.2, 0) is 57.9 Å². The quantitative estimate of drug-likeness (QED) is 0.0251. The van der Waals surface area contributed by atoms with Crippen molar-refractivity contribution >= 4 is 50.1 Å². The van der Waals surface area contributed by atoms with E-state index in [2.05, 4.69) is 37.2 Å². The van der Waals surface area contributed by atoms with Crippen LogP contribution >= 0.6 is 15.4 Å². The number of pyridine rings is 1. The van der Waals surface area contributed by atoms with Crippen LogP contribution in [-0.4, -0.2) is 134 Å². The number of unbranched alkanes of at least 4 members (excludes halogenated alkanes) is 2. The Morgan fingerprint density at radius 3 is 2.51 bits per heavy atom. The van der Waals surface area contributed by atoms with Crippen molar-refractivity contribution in [3.8, 4) is 0 Å². The van der Waals surface area contributed by atoms with Crippen molar-refractivity contribution in [3.05, 3.63) is 77.6 Å². The first-order chi connectivity index (χ1) is 32.5. The van der Waals surface area contributed by atoms with E-state index in [1.54, 1.807) is 12.1 Å². The zero-order valence-corrected chi connectivity index (χ0v) is 38.5. The van der Waals surface area contributed by atoms with Gasteiger partial charge in [0.1, 0.15) is 53.8 Å². The summed E-state index contributed by atoms with van der Waals surface area (Å²) in [6, 6.07) is 3.27. The van der Waals surface area contributed by atoms with Crippen LogP contribution in [0.5, 0.6) is 0 Å². The Bertz CT molecular complexity index is 2540. The van der Waals surface area contributed by atoms with E-state index in [9.17, 15) is 43.3 Å². The normalized spacial score (nSPS) is 26.6. The molecule has 0 aliphatic carbocycles. The van der Waals surface area contributed by atoms with Gasteiger partial charge in [0, 0.05) is 44.5 Å². The molecule has 0 bridgehead atoms. The molecule has 1 amide bonds. The summed E-state index contributed by atoms with van der Waals surface area (Å²) in [6.07, 6.45) is 2.29. The highest BCUT2D eigenvalue weighted by atomic mass is 31.2. The number of nitrogens with one attached hydrogen (secondary N) is 1. The number of nitrogen functional groups attached to an aromatic ring is 2. The molecule has 7 rings (SSSR count). The van der Waals surface area contributed by atoms with E-state index in [0.717, 1.165) is 30.2 Å². The number of carbonyl (C=O) groups excluding carboxylic acids is 2. The van der Waals surface area contributed by atoms with Crippen molar-refractivity contribution in [1.82, 2.24) is 39.4 Å². The fraction of sp³-hybridized carbons (Fsp3) is 0.550. The van der Waals surface area contributed by atoms with Crippen LogP contribution in [0, 0.1) is 0 Å². The molecule has 370 valence electrons. The van der Waals surface area contributed by atoms with Crippen molar-refractivity contribution < 1.29 is 71.2 Å². The molecule has 9 N–H and O–H groups in total. The molecule has 0 saturated carbocycles. The Labute approximate surface area is 388 Å². The number of aliphatic hydroxyl groups excluding tert-OH is 1. The highest BCUT2D eigenvalue weighted by molar-refractivity contribution is 7.53. The van der Waals surface area contributed by atoms with E-state index in [1.165, 1.54) is 35.6 Å². The first kappa shape index (κ1) is 50.8. The number of allylic oxidation sites excluding steroid dienone is 2. The van der Waals surface area contributed by atoms with Crippen LogP contribution in [0.4, 0.5) is 11.6 Å². The van der Waals surface area contributed by atoms with Gasteiger partial charge in [0.25, 0.3) is 0 Å². The number of amides is 1. The smallest absolute Gasteiger partial charge is 0.455 e. The molecule has 0 aromatic carbocycles. The zero-order valence-electron chi connectivity index (χ0n) is 36.7. The molecular formula is C40H54N10O16P2. The molecule has 26 nitrogen and oxygen atoms in total. The van der Waals surface area contributed by atoms with Gasteiger partial charge in [0.15, 0.2) is 36.3 Å². The molecule has 3 fully saturated rings. The molecule has 11 atom stereocenters. The Balaban J connectivity index is 1.19. The third-order valence-electron chi connectivity index (χ3n) is 11.3. The predicted octanol–water partition coefficient (Wildman–Crippen LogP) is 1.17. The third-order valence-corrected chi connectivity index (χ3v) is 13.7. The van der Waals surface area contributed by atoms with Gasteiger partial charge in [-0.15, -0.1) is 0 Å². The minimum absolute atomic E-state index is 0.00177. The molecule has 0 radical (unpaired) electrons. The highest BCUT2D eigenvalue weighted by Gasteiger charge is 2.58. The summed E-state index contributed by atoms with van der Waals surface area (Å²) in [7, 11) is -10.5. The maximum Gasteiger partial charge on any atom is 0.469 e. The Hall–Kier alpha value is -5.08. The van der Waals surface area contributed by atoms with Gasteiger partial charge in [-0.3, -0.25) is 28.0 Å². The van der Waals surface area contributed by atoms with Gasteiger partial charge in [-0.25, -0.2) is 29.1 Å². The second-order valence-electron chi connectivity index (χ2n) is 16.2.